The molecule has 0 radical (unpaired) electrons. The molecule has 23 heavy (non-hydrogen) atoms. The van der Waals surface area contributed by atoms with Crippen LogP contribution in [0.4, 0.5) is 11.4 Å². The fraction of sp³-hybridized carbons (Fsp3) is 0.125. The molecule has 0 fully saturated rings. The van der Waals surface area contributed by atoms with Crippen molar-refractivity contribution in [3.8, 4) is 11.5 Å². The van der Waals surface area contributed by atoms with Gasteiger partial charge in [0.1, 0.15) is 11.5 Å². The van der Waals surface area contributed by atoms with Crippen molar-refractivity contribution in [2.45, 2.75) is 0 Å². The van der Waals surface area contributed by atoms with Crippen LogP contribution in [-0.2, 0) is 0 Å². The van der Waals surface area contributed by atoms with Gasteiger partial charge in [-0.3, -0.25) is 4.79 Å². The number of carbonyl (C=O) groups excluding carboxylic acids is 1. The number of carbonyl (C=O) groups is 1. The summed E-state index contributed by atoms with van der Waals surface area (Å²) < 4.78 is 10.4. The highest BCUT2D eigenvalue weighted by atomic mass is 32.1. The van der Waals surface area contributed by atoms with E-state index in [0.29, 0.717) is 28.4 Å². The Bertz CT molecular complexity index is 717. The van der Waals surface area contributed by atoms with Crippen LogP contribution in [0.3, 0.4) is 0 Å². The molecule has 0 saturated carbocycles. The average Bonchev–Trinajstić information content (AvgIpc) is 2.55. The van der Waals surface area contributed by atoms with Gasteiger partial charge in [-0.05, 0) is 48.6 Å². The second-order valence-corrected chi connectivity index (χ2v) is 5.03. The maximum atomic E-state index is 12.3. The molecule has 2 aromatic rings. The van der Waals surface area contributed by atoms with Crippen molar-refractivity contribution in [2.75, 3.05) is 24.9 Å². The molecule has 0 aromatic heterocycles. The van der Waals surface area contributed by atoms with Crippen LogP contribution in [0.1, 0.15) is 10.4 Å². The van der Waals surface area contributed by atoms with Gasteiger partial charge < -0.3 is 25.8 Å². The molecule has 2 aromatic carbocycles. The first-order valence-corrected chi connectivity index (χ1v) is 7.14. The zero-order chi connectivity index (χ0) is 16.8. The molecule has 2 rings (SSSR count). The largest absolute Gasteiger partial charge is 0.497 e. The number of amides is 1. The predicted octanol–water partition coefficient (Wildman–Crippen LogP) is 2.61. The van der Waals surface area contributed by atoms with E-state index in [4.69, 9.17) is 27.4 Å². The molecule has 0 bridgehead atoms. The molecule has 0 spiro atoms. The van der Waals surface area contributed by atoms with Crippen molar-refractivity contribution < 1.29 is 14.3 Å². The Morgan fingerprint density at radius 3 is 2.30 bits per heavy atom. The van der Waals surface area contributed by atoms with Crippen LogP contribution in [0, 0.1) is 0 Å². The number of rotatable bonds is 5. The summed E-state index contributed by atoms with van der Waals surface area (Å²) in [6, 6.07) is 12.0. The summed E-state index contributed by atoms with van der Waals surface area (Å²) in [5.41, 5.74) is 7.17. The Labute approximate surface area is 139 Å². The van der Waals surface area contributed by atoms with Crippen LogP contribution in [0.5, 0.6) is 11.5 Å². The Balaban J connectivity index is 2.17. The minimum atomic E-state index is -0.249. The van der Waals surface area contributed by atoms with Gasteiger partial charge >= 0.3 is 0 Å². The minimum absolute atomic E-state index is 0.155. The maximum absolute atomic E-state index is 12.3. The third-order valence-corrected chi connectivity index (χ3v) is 3.17. The van der Waals surface area contributed by atoms with E-state index in [2.05, 4.69) is 10.6 Å². The zero-order valence-electron chi connectivity index (χ0n) is 12.8. The molecule has 0 saturated heterocycles. The van der Waals surface area contributed by atoms with E-state index in [-0.39, 0.29) is 11.0 Å². The van der Waals surface area contributed by atoms with Crippen molar-refractivity contribution in [1.82, 2.24) is 0 Å². The molecule has 6 nitrogen and oxygen atoms in total. The Kier molecular flexibility index (Phi) is 5.37. The number of nitrogens with two attached hydrogens (primary N) is 1. The topological polar surface area (TPSA) is 85.6 Å². The van der Waals surface area contributed by atoms with Gasteiger partial charge in [-0.15, -0.1) is 0 Å². The van der Waals surface area contributed by atoms with E-state index >= 15 is 0 Å². The first-order chi connectivity index (χ1) is 11.0. The van der Waals surface area contributed by atoms with Crippen LogP contribution in [-0.4, -0.2) is 25.2 Å². The minimum Gasteiger partial charge on any atom is -0.497 e. The lowest BCUT2D eigenvalue weighted by Gasteiger charge is -2.12. The lowest BCUT2D eigenvalue weighted by atomic mass is 10.2. The fourth-order valence-corrected chi connectivity index (χ4v) is 2.07. The first-order valence-electron chi connectivity index (χ1n) is 6.73. The molecule has 120 valence electrons. The van der Waals surface area contributed by atoms with E-state index < -0.39 is 0 Å². The van der Waals surface area contributed by atoms with Crippen LogP contribution in [0.2, 0.25) is 0 Å². The number of benzene rings is 2. The number of nitrogens with one attached hydrogen (secondary N) is 2. The number of hydrogen-bond donors (Lipinski definition) is 3. The van der Waals surface area contributed by atoms with Gasteiger partial charge in [-0.1, -0.05) is 0 Å². The number of thiocarbonyl (C=S) groups is 1. The molecule has 0 atom stereocenters. The Morgan fingerprint density at radius 1 is 1.04 bits per heavy atom. The van der Waals surface area contributed by atoms with Gasteiger partial charge in [0.25, 0.3) is 5.91 Å². The van der Waals surface area contributed by atoms with E-state index in [1.807, 2.05) is 0 Å². The molecule has 0 heterocycles. The lowest BCUT2D eigenvalue weighted by molar-refractivity contribution is 0.102. The van der Waals surface area contributed by atoms with Crippen molar-refractivity contribution in [1.29, 1.82) is 0 Å². The Morgan fingerprint density at radius 2 is 1.74 bits per heavy atom. The summed E-state index contributed by atoms with van der Waals surface area (Å²) in [6.07, 6.45) is 0. The van der Waals surface area contributed by atoms with Crippen LogP contribution < -0.4 is 25.8 Å². The second-order valence-electron chi connectivity index (χ2n) is 4.59. The van der Waals surface area contributed by atoms with Gasteiger partial charge in [-0.2, -0.15) is 0 Å². The summed E-state index contributed by atoms with van der Waals surface area (Å²) in [7, 11) is 3.09. The van der Waals surface area contributed by atoms with E-state index in [1.165, 1.54) is 7.11 Å². The van der Waals surface area contributed by atoms with Crippen molar-refractivity contribution in [2.24, 2.45) is 5.73 Å². The highest BCUT2D eigenvalue weighted by molar-refractivity contribution is 7.80. The summed E-state index contributed by atoms with van der Waals surface area (Å²) >= 11 is 4.79. The number of hydrogen-bond acceptors (Lipinski definition) is 4. The Hall–Kier alpha value is -2.80. The molecule has 0 aliphatic carbocycles. The number of methoxy groups -OCH3 is 2. The standard InChI is InChI=1S/C16H17N3O3S/c1-21-12-6-3-10(4-7-12)15(20)19-13-8-5-11(18-16(17)23)9-14(13)22-2/h3-9H,1-2H3,(H,19,20)(H3,17,18,23). The SMILES string of the molecule is COc1ccc(C(=O)Nc2ccc(NC(N)=S)cc2OC)cc1. The normalized spacial score (nSPS) is 9.83. The van der Waals surface area contributed by atoms with Gasteiger partial charge in [0, 0.05) is 17.3 Å². The molecular formula is C16H17N3O3S. The van der Waals surface area contributed by atoms with Crippen LogP contribution in [0.15, 0.2) is 42.5 Å². The van der Waals surface area contributed by atoms with E-state index in [0.717, 1.165) is 0 Å². The van der Waals surface area contributed by atoms with Gasteiger partial charge in [0.15, 0.2) is 5.11 Å². The quantitative estimate of drug-likeness (QED) is 0.730. The zero-order valence-corrected chi connectivity index (χ0v) is 13.6. The molecule has 0 unspecified atom stereocenters. The first kappa shape index (κ1) is 16.6. The smallest absolute Gasteiger partial charge is 0.255 e. The van der Waals surface area contributed by atoms with Crippen LogP contribution >= 0.6 is 12.2 Å². The molecular weight excluding hydrogens is 314 g/mol. The van der Waals surface area contributed by atoms with Gasteiger partial charge in [0.2, 0.25) is 0 Å². The third kappa shape index (κ3) is 4.33. The molecule has 0 aliphatic heterocycles. The van der Waals surface area contributed by atoms with Crippen molar-refractivity contribution in [3.05, 3.63) is 48.0 Å². The highest BCUT2D eigenvalue weighted by Crippen LogP contribution is 2.28. The molecule has 4 N–H and O–H groups in total. The van der Waals surface area contributed by atoms with Gasteiger partial charge in [0.05, 0.1) is 19.9 Å². The monoisotopic (exact) mass is 331 g/mol. The molecule has 0 aliphatic rings. The number of ether oxygens (including phenoxy) is 2. The average molecular weight is 331 g/mol. The van der Waals surface area contributed by atoms with E-state index in [9.17, 15) is 4.79 Å². The maximum Gasteiger partial charge on any atom is 0.255 e. The highest BCUT2D eigenvalue weighted by Gasteiger charge is 2.11. The third-order valence-electron chi connectivity index (χ3n) is 3.07. The molecule has 1 amide bonds. The van der Waals surface area contributed by atoms with E-state index in [1.54, 1.807) is 49.6 Å². The summed E-state index contributed by atoms with van der Waals surface area (Å²) in [5.74, 6) is 0.932. The summed E-state index contributed by atoms with van der Waals surface area (Å²) in [5, 5.41) is 5.76. The number of anilines is 2. The van der Waals surface area contributed by atoms with Crippen LogP contribution in [0.25, 0.3) is 0 Å². The van der Waals surface area contributed by atoms with Crippen molar-refractivity contribution >= 4 is 34.6 Å². The summed E-state index contributed by atoms with van der Waals surface area (Å²) in [6.45, 7) is 0. The second kappa shape index (κ2) is 7.46. The molecule has 7 heteroatoms. The van der Waals surface area contributed by atoms with Gasteiger partial charge in [-0.25, -0.2) is 0 Å². The predicted molar refractivity (Wildman–Crippen MR) is 94.3 cm³/mol. The fourth-order valence-electron chi connectivity index (χ4n) is 1.95. The summed E-state index contributed by atoms with van der Waals surface area (Å²) in [4.78, 5) is 12.3. The van der Waals surface area contributed by atoms with Crippen molar-refractivity contribution in [3.63, 3.8) is 0 Å². The lowest BCUT2D eigenvalue weighted by Crippen LogP contribution is -2.19.